The zero-order valence-corrected chi connectivity index (χ0v) is 39.3. The van der Waals surface area contributed by atoms with Crippen LogP contribution in [-0.4, -0.2) is 62.4 Å². The summed E-state index contributed by atoms with van der Waals surface area (Å²) >= 11 is 0. The fraction of sp³-hybridized carbons (Fsp3) is 0.296. The van der Waals surface area contributed by atoms with Gasteiger partial charge < -0.3 is 15.6 Å². The van der Waals surface area contributed by atoms with Crippen LogP contribution < -0.4 is 5.73 Å². The minimum atomic E-state index is -3.29. The third kappa shape index (κ3) is 7.84. The lowest BCUT2D eigenvalue weighted by Crippen LogP contribution is -2.87. The number of H-pyrrole nitrogens is 1. The summed E-state index contributed by atoms with van der Waals surface area (Å²) in [5.41, 5.74) is 3.17. The first-order valence-electron chi connectivity index (χ1n) is 22.8. The maximum Gasteiger partial charge on any atom is 0.363 e. The number of aromatic nitrogens is 2. The van der Waals surface area contributed by atoms with E-state index in [0.29, 0.717) is 45.0 Å². The number of carbonyl (C=O) groups is 4. The summed E-state index contributed by atoms with van der Waals surface area (Å²) in [6, 6.07) is 44.0. The Morgan fingerprint density at radius 1 is 0.746 bits per heavy atom. The van der Waals surface area contributed by atoms with Crippen molar-refractivity contribution in [3.63, 3.8) is 0 Å². The van der Waals surface area contributed by atoms with Gasteiger partial charge in [0.1, 0.15) is 10.5 Å². The number of imide groups is 1. The first-order valence-corrected chi connectivity index (χ1v) is 23.9. The number of hydrogen-bond acceptors (Lipinski definition) is 9. The average Bonchev–Trinajstić information content (AvgIpc) is 3.92. The van der Waals surface area contributed by atoms with Crippen LogP contribution in [0.25, 0.3) is 11.1 Å². The van der Waals surface area contributed by atoms with Gasteiger partial charge in [0.25, 0.3) is 11.8 Å². The van der Waals surface area contributed by atoms with Crippen molar-refractivity contribution in [1.82, 2.24) is 19.9 Å². The van der Waals surface area contributed by atoms with E-state index in [-0.39, 0.29) is 37.1 Å². The second-order valence-electron chi connectivity index (χ2n) is 17.0. The third-order valence-electron chi connectivity index (χ3n) is 13.5. The monoisotopic (exact) mass is 919 g/mol. The van der Waals surface area contributed by atoms with Gasteiger partial charge in [-0.1, -0.05) is 174 Å². The number of Topliss-reactive ketones (excluding diaryl/α,β-unsaturated/α-hetero) is 1. The number of likely N-dealkylation sites (tertiary alicyclic amines) is 1. The van der Waals surface area contributed by atoms with E-state index < -0.39 is 61.8 Å². The molecule has 346 valence electrons. The molecule has 0 saturated carbocycles. The first kappa shape index (κ1) is 48.1. The number of rotatable bonds is 15. The summed E-state index contributed by atoms with van der Waals surface area (Å²) in [5, 5.41) is 0.406. The van der Waals surface area contributed by atoms with Gasteiger partial charge in [-0.2, -0.15) is 8.42 Å². The second-order valence-corrected chi connectivity index (χ2v) is 17.9. The predicted molar refractivity (Wildman–Crippen MR) is 258 cm³/mol. The largest absolute Gasteiger partial charge is 0.363 e. The van der Waals surface area contributed by atoms with E-state index in [2.05, 4.69) is 9.97 Å². The lowest BCUT2D eigenvalue weighted by Gasteiger charge is -2.67. The molecular formula is C54H57N5O7S. The maximum absolute atomic E-state index is 16.9. The van der Waals surface area contributed by atoms with Crippen LogP contribution in [0.1, 0.15) is 101 Å². The van der Waals surface area contributed by atoms with E-state index >= 15 is 18.0 Å². The zero-order valence-electron chi connectivity index (χ0n) is 38.5. The molecule has 4 unspecified atom stereocenters. The fourth-order valence-electron chi connectivity index (χ4n) is 10.5. The smallest absolute Gasteiger partial charge is 0.348 e. The summed E-state index contributed by atoms with van der Waals surface area (Å²) in [4.78, 5) is 76.3. The molecule has 13 heteroatoms. The molecule has 7 rings (SSSR count). The van der Waals surface area contributed by atoms with E-state index in [0.717, 1.165) is 5.56 Å². The van der Waals surface area contributed by atoms with E-state index in [1.54, 1.807) is 55.5 Å². The van der Waals surface area contributed by atoms with Crippen molar-refractivity contribution in [2.45, 2.75) is 95.2 Å². The predicted octanol–water partition coefficient (Wildman–Crippen LogP) is 8.66. The fourth-order valence-corrected chi connectivity index (χ4v) is 11.5. The van der Waals surface area contributed by atoms with Gasteiger partial charge in [-0.25, -0.2) is 14.7 Å². The number of amides is 2. The lowest BCUT2D eigenvalue weighted by molar-refractivity contribution is -0.217. The van der Waals surface area contributed by atoms with E-state index in [4.69, 9.17) is 10.6 Å². The molecule has 0 aliphatic carbocycles. The minimum absolute atomic E-state index is 0.0900. The standard InChI is InChI=1S/C54H57N5O7S/c1-6-10-34-46(60)54(50(63)66-58(47(61)8-3)48(62)9-4)53(55,43-33-23-26-39(35-43)38-24-15-11-16-25-38)44(7-2)51(5,45-36-56-37-57-45)49(67(64)65)59(54)52(40-27-17-12-18-28-40,41-29-19-13-20-30-41)42-31-21-14-22-32-42/h11-33,35-37,44H,6-10,34,55H2,1-5H3,(H,56,57). The average molecular weight is 920 g/mol. The van der Waals surface area contributed by atoms with Gasteiger partial charge in [0, 0.05) is 37.1 Å². The summed E-state index contributed by atoms with van der Waals surface area (Å²) in [6.07, 6.45) is 3.06. The Labute approximate surface area is 393 Å². The van der Waals surface area contributed by atoms with Crippen LogP contribution in [0.2, 0.25) is 0 Å². The van der Waals surface area contributed by atoms with Crippen LogP contribution in [-0.2, 0) is 50.8 Å². The topological polar surface area (TPSA) is 173 Å². The molecule has 12 nitrogen and oxygen atoms in total. The number of hydrogen-bond donors (Lipinski definition) is 2. The Bertz CT molecular complexity index is 2740. The summed E-state index contributed by atoms with van der Waals surface area (Å²) < 4.78 is 30.4. The van der Waals surface area contributed by atoms with Crippen LogP contribution in [0, 0.1) is 5.92 Å². The van der Waals surface area contributed by atoms with Crippen molar-refractivity contribution >= 4 is 38.8 Å². The minimum Gasteiger partial charge on any atom is -0.348 e. The maximum atomic E-state index is 16.9. The number of unbranched alkanes of at least 4 members (excludes halogenated alkanes) is 1. The molecule has 1 fully saturated rings. The molecule has 1 aliphatic heterocycles. The summed E-state index contributed by atoms with van der Waals surface area (Å²) in [7, 11) is -3.29. The third-order valence-corrected chi connectivity index (χ3v) is 14.4. The quantitative estimate of drug-likeness (QED) is 0.0439. The number of benzene rings is 5. The van der Waals surface area contributed by atoms with Crippen LogP contribution in [0.15, 0.2) is 158 Å². The number of ketones is 1. The van der Waals surface area contributed by atoms with E-state index in [9.17, 15) is 9.59 Å². The number of nitrogens with zero attached hydrogens (tertiary/aromatic N) is 3. The molecule has 2 heterocycles. The molecule has 0 spiro atoms. The number of nitrogens with one attached hydrogen (secondary N) is 1. The van der Waals surface area contributed by atoms with Gasteiger partial charge in [0.2, 0.25) is 15.8 Å². The molecule has 0 radical (unpaired) electrons. The van der Waals surface area contributed by atoms with Gasteiger partial charge in [-0.15, -0.1) is 5.06 Å². The Morgan fingerprint density at radius 3 is 1.70 bits per heavy atom. The van der Waals surface area contributed by atoms with Crippen molar-refractivity contribution in [2.24, 2.45) is 11.7 Å². The van der Waals surface area contributed by atoms with Crippen molar-refractivity contribution in [3.8, 4) is 11.1 Å². The SMILES string of the molecule is CCCCC(=O)C1(C(=O)ON(C(=O)CC)C(=O)CC)N(C(c2ccccc2)(c2ccccc2)c2ccccc2)C(=S(=O)=O)C(C)(c2cnc[nH]2)C(CC)C1(N)c1cccc(-c2ccccc2)c1. The van der Waals surface area contributed by atoms with Crippen molar-refractivity contribution < 1.29 is 32.4 Å². The Balaban J connectivity index is 1.84. The van der Waals surface area contributed by atoms with Crippen molar-refractivity contribution in [3.05, 3.63) is 186 Å². The van der Waals surface area contributed by atoms with E-state index in [1.807, 2.05) is 111 Å². The Kier molecular flexibility index (Phi) is 14.4. The lowest BCUT2D eigenvalue weighted by atomic mass is 9.49. The molecule has 2 amide bonds. The highest BCUT2D eigenvalue weighted by molar-refractivity contribution is 7.73. The Hall–Kier alpha value is -6.80. The summed E-state index contributed by atoms with van der Waals surface area (Å²) in [6.45, 7) is 8.52. The molecule has 67 heavy (non-hydrogen) atoms. The highest BCUT2D eigenvalue weighted by Gasteiger charge is 2.79. The highest BCUT2D eigenvalue weighted by Crippen LogP contribution is 2.62. The van der Waals surface area contributed by atoms with Crippen molar-refractivity contribution in [1.29, 1.82) is 0 Å². The molecule has 6 aromatic rings. The van der Waals surface area contributed by atoms with Gasteiger partial charge in [0.05, 0.1) is 17.3 Å². The molecule has 4 atom stereocenters. The van der Waals surface area contributed by atoms with Crippen LogP contribution in [0.3, 0.4) is 0 Å². The van der Waals surface area contributed by atoms with Crippen LogP contribution in [0.5, 0.6) is 0 Å². The first-order chi connectivity index (χ1) is 32.3. The molecule has 5 aromatic carbocycles. The second kappa shape index (κ2) is 20.0. The van der Waals surface area contributed by atoms with Crippen LogP contribution >= 0.6 is 0 Å². The molecule has 3 N–H and O–H groups in total. The van der Waals surface area contributed by atoms with Crippen LogP contribution in [0.4, 0.5) is 0 Å². The normalized spacial score (nSPS) is 20.7. The molecule has 1 aromatic heterocycles. The molecule has 0 bridgehead atoms. The number of hydroxylamine groups is 2. The highest BCUT2D eigenvalue weighted by atomic mass is 32.2. The number of nitrogens with two attached hydrogens (primary N) is 1. The molecule has 1 saturated heterocycles. The number of imidazole rings is 1. The van der Waals surface area contributed by atoms with Gasteiger partial charge in [0.15, 0.2) is 5.78 Å². The molecule has 1 aliphatic rings. The van der Waals surface area contributed by atoms with Gasteiger partial charge >= 0.3 is 5.97 Å². The Morgan fingerprint density at radius 2 is 1.25 bits per heavy atom. The number of aromatic amines is 1. The van der Waals surface area contributed by atoms with E-state index in [1.165, 1.54) is 31.3 Å². The van der Waals surface area contributed by atoms with Crippen molar-refractivity contribution in [2.75, 3.05) is 0 Å². The molecular weight excluding hydrogens is 863 g/mol. The van der Waals surface area contributed by atoms with Gasteiger partial charge in [-0.3, -0.25) is 14.4 Å². The van der Waals surface area contributed by atoms with Gasteiger partial charge in [-0.05, 0) is 59.2 Å². The summed E-state index contributed by atoms with van der Waals surface area (Å²) in [5.74, 6) is -5.02. The zero-order chi connectivity index (χ0) is 48.0. The number of piperidine rings is 1. The number of carbonyl (C=O) groups excluding carboxylic acids is 4.